The van der Waals surface area contributed by atoms with Crippen LogP contribution in [0.1, 0.15) is 5.56 Å². The Morgan fingerprint density at radius 1 is 1.06 bits per heavy atom. The zero-order valence-electron chi connectivity index (χ0n) is 19.8. The summed E-state index contributed by atoms with van der Waals surface area (Å²) >= 11 is 0. The molecule has 1 aliphatic rings. The van der Waals surface area contributed by atoms with Crippen LogP contribution in [-0.2, 0) is 4.79 Å². The van der Waals surface area contributed by atoms with Gasteiger partial charge < -0.3 is 46.3 Å². The van der Waals surface area contributed by atoms with E-state index >= 15 is 0 Å². The fourth-order valence-electron chi connectivity index (χ4n) is 3.82. The number of amides is 1. The van der Waals surface area contributed by atoms with Gasteiger partial charge in [0.25, 0.3) is 0 Å². The van der Waals surface area contributed by atoms with E-state index < -0.39 is 6.10 Å². The van der Waals surface area contributed by atoms with E-state index in [0.717, 1.165) is 24.4 Å². The molecule has 1 aliphatic heterocycles. The number of hydrogen-bond donors (Lipinski definition) is 2. The van der Waals surface area contributed by atoms with Gasteiger partial charge in [-0.05, 0) is 35.9 Å². The molecule has 9 heteroatoms. The number of quaternary nitrogens is 1. The van der Waals surface area contributed by atoms with Gasteiger partial charge in [0, 0.05) is 6.08 Å². The number of rotatable bonds is 10. The van der Waals surface area contributed by atoms with E-state index in [1.165, 1.54) is 4.90 Å². The monoisotopic (exact) mass is 492 g/mol. The van der Waals surface area contributed by atoms with Gasteiger partial charge in [-0.25, -0.2) is 0 Å². The molecule has 0 radical (unpaired) electrons. The van der Waals surface area contributed by atoms with Gasteiger partial charge in [-0.15, -0.1) is 0 Å². The maximum Gasteiger partial charge on any atom is 0.246 e. The smallest absolute Gasteiger partial charge is 0.246 e. The number of carbonyl (C=O) groups is 1. The maximum absolute atomic E-state index is 12.7. The minimum absolute atomic E-state index is 0. The van der Waals surface area contributed by atoms with Gasteiger partial charge in [0.2, 0.25) is 11.7 Å². The van der Waals surface area contributed by atoms with Crippen molar-refractivity contribution in [2.24, 2.45) is 0 Å². The minimum atomic E-state index is -0.553. The Morgan fingerprint density at radius 2 is 1.68 bits per heavy atom. The summed E-state index contributed by atoms with van der Waals surface area (Å²) < 4.78 is 21.7. The zero-order chi connectivity index (χ0) is 23.6. The number of nitrogens with zero attached hydrogens (tertiary/aromatic N) is 1. The molecular weight excluding hydrogens is 460 g/mol. The molecule has 0 spiro atoms. The highest BCUT2D eigenvalue weighted by atomic mass is 35.5. The van der Waals surface area contributed by atoms with Gasteiger partial charge >= 0.3 is 0 Å². The van der Waals surface area contributed by atoms with Crippen molar-refractivity contribution in [1.29, 1.82) is 0 Å². The number of nitrogens with one attached hydrogen (secondary N) is 1. The predicted molar refractivity (Wildman–Crippen MR) is 125 cm³/mol. The Balaban J connectivity index is 0.00000408. The molecule has 34 heavy (non-hydrogen) atoms. The molecule has 3 rings (SSSR count). The molecule has 8 nitrogen and oxygen atoms in total. The number of benzene rings is 2. The first-order valence-corrected chi connectivity index (χ1v) is 11.0. The molecule has 1 amide bonds. The molecule has 2 aromatic carbocycles. The number of aliphatic hydroxyl groups excluding tert-OH is 1. The van der Waals surface area contributed by atoms with Crippen molar-refractivity contribution in [1.82, 2.24) is 4.90 Å². The lowest BCUT2D eigenvalue weighted by Crippen LogP contribution is -3.15. The van der Waals surface area contributed by atoms with Crippen molar-refractivity contribution >= 4 is 12.0 Å². The van der Waals surface area contributed by atoms with Gasteiger partial charge in [-0.3, -0.25) is 4.79 Å². The Kier molecular flexibility index (Phi) is 11.0. The summed E-state index contributed by atoms with van der Waals surface area (Å²) in [5, 5.41) is 10.3. The van der Waals surface area contributed by atoms with E-state index in [4.69, 9.17) is 18.9 Å². The normalized spacial score (nSPS) is 14.9. The van der Waals surface area contributed by atoms with Crippen LogP contribution < -0.4 is 36.3 Å². The van der Waals surface area contributed by atoms with Crippen LogP contribution in [0.4, 0.5) is 0 Å². The molecule has 0 saturated carbocycles. The third-order valence-electron chi connectivity index (χ3n) is 5.60. The Labute approximate surface area is 207 Å². The first-order chi connectivity index (χ1) is 16.0. The highest BCUT2D eigenvalue weighted by Crippen LogP contribution is 2.38. The lowest BCUT2D eigenvalue weighted by Gasteiger charge is -2.32. The Hall–Kier alpha value is -2.94. The summed E-state index contributed by atoms with van der Waals surface area (Å²) in [5.41, 5.74) is 0.781. The third-order valence-corrected chi connectivity index (χ3v) is 5.60. The number of hydrogen-bond acceptors (Lipinski definition) is 6. The number of aliphatic hydroxyl groups is 1. The topological polar surface area (TPSA) is 81.9 Å². The SMILES string of the molecule is COc1cc(/C=C/C(=O)N2CC[NH+](CC(O)COc3ccccc3)CC2)cc(OC)c1OC.[Cl-]. The molecule has 186 valence electrons. The standard InChI is InChI=1S/C25H32N2O6.ClH/c1-30-22-15-19(16-23(31-2)25(22)32-3)9-10-24(29)27-13-11-26(12-14-27)17-20(28)18-33-21-7-5-4-6-8-21;/h4-10,15-16,20,28H,11-14,17-18H2,1-3H3;1H/b10-9+;. The fraction of sp³-hybridized carbons (Fsp3) is 0.400. The molecule has 1 saturated heterocycles. The van der Waals surface area contributed by atoms with Crippen LogP contribution in [0, 0.1) is 0 Å². The first kappa shape index (κ1) is 27.3. The summed E-state index contributed by atoms with van der Waals surface area (Å²) in [5.74, 6) is 2.29. The second-order valence-corrected chi connectivity index (χ2v) is 7.85. The molecule has 0 bridgehead atoms. The second kappa shape index (κ2) is 13.7. The second-order valence-electron chi connectivity index (χ2n) is 7.85. The summed E-state index contributed by atoms with van der Waals surface area (Å²) in [6, 6.07) is 13.1. The molecular formula is C25H33ClN2O6. The van der Waals surface area contributed by atoms with Crippen LogP contribution in [0.2, 0.25) is 0 Å². The summed E-state index contributed by atoms with van der Waals surface area (Å²) in [6.45, 7) is 3.70. The van der Waals surface area contributed by atoms with Gasteiger partial charge in [0.1, 0.15) is 25.0 Å². The van der Waals surface area contributed by atoms with E-state index in [1.807, 2.05) is 35.2 Å². The van der Waals surface area contributed by atoms with E-state index in [1.54, 1.807) is 45.6 Å². The van der Waals surface area contributed by atoms with Crippen LogP contribution in [-0.4, -0.2) is 82.7 Å². The zero-order valence-corrected chi connectivity index (χ0v) is 20.6. The summed E-state index contributed by atoms with van der Waals surface area (Å²) in [7, 11) is 4.67. The molecule has 1 atom stereocenters. The van der Waals surface area contributed by atoms with Gasteiger partial charge in [0.05, 0.1) is 47.5 Å². The van der Waals surface area contributed by atoms with Crippen molar-refractivity contribution in [3.8, 4) is 23.0 Å². The van der Waals surface area contributed by atoms with Crippen LogP contribution in [0.15, 0.2) is 48.5 Å². The summed E-state index contributed by atoms with van der Waals surface area (Å²) in [4.78, 5) is 15.8. The van der Waals surface area contributed by atoms with Crippen LogP contribution in [0.5, 0.6) is 23.0 Å². The summed E-state index contributed by atoms with van der Waals surface area (Å²) in [6.07, 6.45) is 2.76. The third kappa shape index (κ3) is 7.55. The van der Waals surface area contributed by atoms with Crippen LogP contribution in [0.3, 0.4) is 0 Å². The van der Waals surface area contributed by atoms with E-state index in [-0.39, 0.29) is 24.9 Å². The lowest BCUT2D eigenvalue weighted by molar-refractivity contribution is -0.907. The van der Waals surface area contributed by atoms with E-state index in [0.29, 0.717) is 36.9 Å². The first-order valence-electron chi connectivity index (χ1n) is 11.0. The molecule has 1 unspecified atom stereocenters. The molecule has 2 aromatic rings. The molecule has 1 heterocycles. The van der Waals surface area contributed by atoms with Crippen LogP contribution >= 0.6 is 0 Å². The van der Waals surface area contributed by atoms with Crippen molar-refractivity contribution in [3.05, 3.63) is 54.1 Å². The van der Waals surface area contributed by atoms with Crippen molar-refractivity contribution in [2.45, 2.75) is 6.10 Å². The number of methoxy groups -OCH3 is 3. The number of carbonyl (C=O) groups excluding carboxylic acids is 1. The molecule has 1 fully saturated rings. The van der Waals surface area contributed by atoms with E-state index in [2.05, 4.69) is 0 Å². The predicted octanol–water partition coefficient (Wildman–Crippen LogP) is -2.10. The highest BCUT2D eigenvalue weighted by molar-refractivity contribution is 5.92. The van der Waals surface area contributed by atoms with Crippen molar-refractivity contribution in [2.75, 3.05) is 60.7 Å². The lowest BCUT2D eigenvalue weighted by atomic mass is 10.1. The van der Waals surface area contributed by atoms with Gasteiger partial charge in [-0.1, -0.05) is 18.2 Å². The maximum atomic E-state index is 12.7. The average molecular weight is 493 g/mol. The van der Waals surface area contributed by atoms with Crippen molar-refractivity contribution < 1.29 is 46.2 Å². The van der Waals surface area contributed by atoms with E-state index in [9.17, 15) is 9.90 Å². The Bertz CT molecular complexity index is 907. The molecule has 0 aromatic heterocycles. The molecule has 0 aliphatic carbocycles. The van der Waals surface area contributed by atoms with Crippen LogP contribution in [0.25, 0.3) is 6.08 Å². The fourth-order valence-corrected chi connectivity index (χ4v) is 3.82. The van der Waals surface area contributed by atoms with Gasteiger partial charge in [0.15, 0.2) is 11.5 Å². The highest BCUT2D eigenvalue weighted by Gasteiger charge is 2.24. The molecule has 2 N–H and O–H groups in total. The van der Waals surface area contributed by atoms with Crippen molar-refractivity contribution in [3.63, 3.8) is 0 Å². The Morgan fingerprint density at radius 3 is 2.24 bits per heavy atom. The van der Waals surface area contributed by atoms with Gasteiger partial charge in [-0.2, -0.15) is 0 Å². The number of piperazine rings is 1. The largest absolute Gasteiger partial charge is 1.00 e. The number of para-hydroxylation sites is 1. The number of halogens is 1. The average Bonchev–Trinajstić information content (AvgIpc) is 2.86. The quantitative estimate of drug-likeness (QED) is 0.370. The number of ether oxygens (including phenoxy) is 4. The minimum Gasteiger partial charge on any atom is -1.00 e.